The van der Waals surface area contributed by atoms with Gasteiger partial charge < -0.3 is 0 Å². The maximum absolute atomic E-state index is 12.1. The number of nitrogens with one attached hydrogen (secondary N) is 2. The van der Waals surface area contributed by atoms with Crippen molar-refractivity contribution >= 4 is 39.3 Å². The molecule has 1 amide bonds. The van der Waals surface area contributed by atoms with Crippen molar-refractivity contribution in [2.45, 2.75) is 19.8 Å². The predicted octanol–water partition coefficient (Wildman–Crippen LogP) is 3.07. The monoisotopic (exact) mass is 325 g/mol. The summed E-state index contributed by atoms with van der Waals surface area (Å²) in [6.45, 7) is 4.13. The highest BCUT2D eigenvalue weighted by atomic mass is 32.2. The summed E-state index contributed by atoms with van der Waals surface area (Å²) in [5.74, 6) is 0.106. The molecule has 0 aliphatic rings. The van der Waals surface area contributed by atoms with E-state index in [1.165, 1.54) is 11.3 Å². The first-order valence-electron chi connectivity index (χ1n) is 6.20. The molecule has 1 heterocycles. The topological polar surface area (TPSA) is 91.3 Å². The smallest absolute Gasteiger partial charge is 0.259 e. The average Bonchev–Trinajstić information content (AvgIpc) is 2.87. The number of nitrogens with zero attached hydrogens (tertiary/aromatic N) is 1. The number of benzene rings is 1. The largest absolute Gasteiger partial charge is 0.298 e. The minimum Gasteiger partial charge on any atom is -0.298 e. The van der Waals surface area contributed by atoms with Gasteiger partial charge in [-0.1, -0.05) is 13.8 Å². The standard InChI is InChI=1S/C13H15N3O3S2/c1-8(2)11-7-14-13(20-11)15-12(17)9-3-5-10(6-4-9)16-21(18)19/h3-8,16H,1-2H3,(H,18,19)(H,14,15,17). The Kier molecular flexibility index (Phi) is 5.05. The van der Waals surface area contributed by atoms with Crippen LogP contribution in [0.2, 0.25) is 0 Å². The molecule has 2 rings (SSSR count). The first-order valence-corrected chi connectivity index (χ1v) is 8.12. The molecule has 0 saturated carbocycles. The number of hydrogen-bond acceptors (Lipinski definition) is 4. The maximum Gasteiger partial charge on any atom is 0.259 e. The van der Waals surface area contributed by atoms with Gasteiger partial charge >= 0.3 is 0 Å². The van der Waals surface area contributed by atoms with Gasteiger partial charge in [0.1, 0.15) is 0 Å². The molecule has 0 fully saturated rings. The third-order valence-corrected chi connectivity index (χ3v) is 4.29. The van der Waals surface area contributed by atoms with E-state index in [0.717, 1.165) is 4.88 Å². The number of rotatable bonds is 5. The number of amides is 1. The Labute approximate surface area is 129 Å². The number of thiazole rings is 1. The van der Waals surface area contributed by atoms with Crippen LogP contribution in [0.3, 0.4) is 0 Å². The highest BCUT2D eigenvalue weighted by molar-refractivity contribution is 7.80. The summed E-state index contributed by atoms with van der Waals surface area (Å²) in [5.41, 5.74) is 0.911. The van der Waals surface area contributed by atoms with E-state index in [1.807, 2.05) is 0 Å². The molecular formula is C13H15N3O3S2. The van der Waals surface area contributed by atoms with Crippen LogP contribution < -0.4 is 10.0 Å². The summed E-state index contributed by atoms with van der Waals surface area (Å²) < 4.78 is 21.6. The zero-order chi connectivity index (χ0) is 15.4. The molecule has 0 aliphatic heterocycles. The van der Waals surface area contributed by atoms with Gasteiger partial charge in [0, 0.05) is 22.3 Å². The SMILES string of the molecule is CC(C)c1cnc(NC(=O)c2ccc(NS(=O)O)cc2)s1. The van der Waals surface area contributed by atoms with Crippen molar-refractivity contribution in [3.63, 3.8) is 0 Å². The van der Waals surface area contributed by atoms with Gasteiger partial charge in [-0.25, -0.2) is 9.19 Å². The summed E-state index contributed by atoms with van der Waals surface area (Å²) >= 11 is -0.679. The second kappa shape index (κ2) is 6.79. The van der Waals surface area contributed by atoms with Gasteiger partial charge in [-0.15, -0.1) is 11.3 Å². The van der Waals surface area contributed by atoms with E-state index < -0.39 is 11.3 Å². The lowest BCUT2D eigenvalue weighted by Gasteiger charge is -2.04. The molecule has 2 aromatic rings. The molecule has 0 bridgehead atoms. The van der Waals surface area contributed by atoms with Crippen LogP contribution >= 0.6 is 11.3 Å². The van der Waals surface area contributed by atoms with Gasteiger partial charge in [0.15, 0.2) is 5.13 Å². The number of aromatic nitrogens is 1. The van der Waals surface area contributed by atoms with Crippen molar-refractivity contribution in [1.29, 1.82) is 0 Å². The van der Waals surface area contributed by atoms with Crippen LogP contribution in [0.25, 0.3) is 0 Å². The normalized spacial score (nSPS) is 12.2. The highest BCUT2D eigenvalue weighted by Crippen LogP contribution is 2.25. The third kappa shape index (κ3) is 4.35. The van der Waals surface area contributed by atoms with Crippen LogP contribution in [0.15, 0.2) is 30.5 Å². The molecule has 3 N–H and O–H groups in total. The molecule has 0 spiro atoms. The summed E-state index contributed by atoms with van der Waals surface area (Å²) in [6, 6.07) is 6.26. The first kappa shape index (κ1) is 15.6. The molecule has 0 aliphatic carbocycles. The Bertz CT molecular complexity index is 653. The maximum atomic E-state index is 12.1. The zero-order valence-electron chi connectivity index (χ0n) is 11.5. The molecule has 0 saturated heterocycles. The van der Waals surface area contributed by atoms with Crippen LogP contribution in [0.4, 0.5) is 10.8 Å². The van der Waals surface area contributed by atoms with Gasteiger partial charge in [0.2, 0.25) is 0 Å². The average molecular weight is 325 g/mol. The van der Waals surface area contributed by atoms with Crippen LogP contribution in [-0.2, 0) is 11.3 Å². The molecule has 0 radical (unpaired) electrons. The van der Waals surface area contributed by atoms with E-state index in [1.54, 1.807) is 30.5 Å². The lowest BCUT2D eigenvalue weighted by atomic mass is 10.2. The van der Waals surface area contributed by atoms with Gasteiger partial charge in [0.25, 0.3) is 17.2 Å². The van der Waals surface area contributed by atoms with Crippen LogP contribution in [0.1, 0.15) is 35.0 Å². The lowest BCUT2D eigenvalue weighted by Crippen LogP contribution is -2.11. The molecule has 1 aromatic heterocycles. The molecule has 1 unspecified atom stereocenters. The fraction of sp³-hybridized carbons (Fsp3) is 0.231. The van der Waals surface area contributed by atoms with E-state index in [2.05, 4.69) is 28.9 Å². The summed E-state index contributed by atoms with van der Waals surface area (Å²) in [6.07, 6.45) is 1.76. The Morgan fingerprint density at radius 3 is 2.52 bits per heavy atom. The summed E-state index contributed by atoms with van der Waals surface area (Å²) in [5, 5.41) is 3.29. The van der Waals surface area contributed by atoms with Crippen molar-refractivity contribution in [3.05, 3.63) is 40.9 Å². The van der Waals surface area contributed by atoms with Gasteiger partial charge in [-0.05, 0) is 30.2 Å². The molecule has 112 valence electrons. The molecule has 21 heavy (non-hydrogen) atoms. The number of carbonyl (C=O) groups is 1. The fourth-order valence-electron chi connectivity index (χ4n) is 1.57. The van der Waals surface area contributed by atoms with Crippen molar-refractivity contribution in [2.24, 2.45) is 0 Å². The molecule has 6 nitrogen and oxygen atoms in total. The van der Waals surface area contributed by atoms with Gasteiger partial charge in [0.05, 0.1) is 0 Å². The molecule has 1 aromatic carbocycles. The van der Waals surface area contributed by atoms with Gasteiger partial charge in [-0.3, -0.25) is 19.4 Å². The van der Waals surface area contributed by atoms with Crippen LogP contribution in [0, 0.1) is 0 Å². The van der Waals surface area contributed by atoms with E-state index in [9.17, 15) is 9.00 Å². The first-order chi connectivity index (χ1) is 9.95. The zero-order valence-corrected chi connectivity index (χ0v) is 13.1. The van der Waals surface area contributed by atoms with Crippen LogP contribution in [-0.4, -0.2) is 19.7 Å². The Hall–Kier alpha value is -1.77. The summed E-state index contributed by atoms with van der Waals surface area (Å²) in [7, 11) is 0. The minimum absolute atomic E-state index is 0.267. The number of hydrogen-bond donors (Lipinski definition) is 3. The molecule has 1 atom stereocenters. The van der Waals surface area contributed by atoms with E-state index in [-0.39, 0.29) is 5.91 Å². The number of anilines is 2. The van der Waals surface area contributed by atoms with E-state index in [4.69, 9.17) is 4.55 Å². The van der Waals surface area contributed by atoms with Crippen molar-refractivity contribution < 1.29 is 13.6 Å². The number of carbonyl (C=O) groups excluding carboxylic acids is 1. The third-order valence-electron chi connectivity index (χ3n) is 2.67. The summed E-state index contributed by atoms with van der Waals surface area (Å²) in [4.78, 5) is 17.3. The minimum atomic E-state index is -2.13. The Balaban J connectivity index is 2.04. The van der Waals surface area contributed by atoms with Gasteiger partial charge in [-0.2, -0.15) is 0 Å². The Morgan fingerprint density at radius 1 is 1.33 bits per heavy atom. The van der Waals surface area contributed by atoms with Crippen molar-refractivity contribution in [2.75, 3.05) is 10.0 Å². The Morgan fingerprint density at radius 2 is 2.00 bits per heavy atom. The van der Waals surface area contributed by atoms with E-state index in [0.29, 0.717) is 22.3 Å². The molecule has 8 heteroatoms. The van der Waals surface area contributed by atoms with E-state index >= 15 is 0 Å². The highest BCUT2D eigenvalue weighted by Gasteiger charge is 2.10. The van der Waals surface area contributed by atoms with Crippen molar-refractivity contribution in [3.8, 4) is 0 Å². The van der Waals surface area contributed by atoms with Crippen molar-refractivity contribution in [1.82, 2.24) is 4.98 Å². The quantitative estimate of drug-likeness (QED) is 0.737. The second-order valence-electron chi connectivity index (χ2n) is 4.61. The lowest BCUT2D eigenvalue weighted by molar-refractivity contribution is 0.102. The molecular weight excluding hydrogens is 310 g/mol. The van der Waals surface area contributed by atoms with Crippen LogP contribution in [0.5, 0.6) is 0 Å². The second-order valence-corrected chi connectivity index (χ2v) is 6.37. The predicted molar refractivity (Wildman–Crippen MR) is 85.0 cm³/mol. The fourth-order valence-corrected chi connectivity index (χ4v) is 2.72.